The number of allylic oxidation sites excluding steroid dienone is 3. The van der Waals surface area contributed by atoms with Gasteiger partial charge in [-0.3, -0.25) is 0 Å². The lowest BCUT2D eigenvalue weighted by atomic mass is 9.84. The van der Waals surface area contributed by atoms with Crippen LogP contribution in [-0.4, -0.2) is 12.4 Å². The number of rotatable bonds is 5. The Bertz CT molecular complexity index is 1750. The van der Waals surface area contributed by atoms with E-state index >= 15 is 0 Å². The molecule has 2 aliphatic rings. The van der Waals surface area contributed by atoms with E-state index in [1.54, 1.807) is 0 Å². The lowest BCUT2D eigenvalue weighted by molar-refractivity contribution is 0.259. The zero-order chi connectivity index (χ0) is 26.9. The first-order valence-electron chi connectivity index (χ1n) is 13.4. The van der Waals surface area contributed by atoms with Crippen molar-refractivity contribution < 1.29 is 4.74 Å². The number of benzene rings is 5. The maximum atomic E-state index is 7.34. The van der Waals surface area contributed by atoms with Gasteiger partial charge in [0.25, 0.3) is 0 Å². The Kier molecular flexibility index (Phi) is 6.18. The van der Waals surface area contributed by atoms with Crippen LogP contribution in [0.25, 0.3) is 39.0 Å². The van der Waals surface area contributed by atoms with Gasteiger partial charge in [-0.05, 0) is 56.7 Å². The molecule has 0 bridgehead atoms. The highest BCUT2D eigenvalue weighted by Crippen LogP contribution is 2.43. The van der Waals surface area contributed by atoms with Crippen LogP contribution in [0.3, 0.4) is 0 Å². The van der Waals surface area contributed by atoms with E-state index in [-0.39, 0.29) is 0 Å². The molecule has 1 atom stereocenters. The van der Waals surface area contributed by atoms with Crippen LogP contribution in [0, 0.1) is 0 Å². The molecular weight excluding hydrogens is 510 g/mol. The number of alkyl halides is 1. The van der Waals surface area contributed by atoms with Gasteiger partial charge in [-0.15, -0.1) is 11.6 Å². The summed E-state index contributed by atoms with van der Waals surface area (Å²) in [4.78, 5) is 3.79. The molecule has 0 N–H and O–H groups in total. The first-order chi connectivity index (χ1) is 19.7. The molecule has 3 heteroatoms. The molecule has 0 saturated carbocycles. The average molecular weight is 536 g/mol. The third-order valence-electron chi connectivity index (χ3n) is 7.58. The number of nitrogens with zero attached hydrogens (tertiary/aromatic N) is 1. The molecular formula is C37H26ClNO. The van der Waals surface area contributed by atoms with Crippen LogP contribution in [0.1, 0.15) is 11.1 Å². The van der Waals surface area contributed by atoms with Gasteiger partial charge in [-0.2, -0.15) is 0 Å². The largest absolute Gasteiger partial charge is 0.469 e. The SMILES string of the molecule is ClC1(c2ccc(-c3ccc(-c4ccccc4)cc3)cc2)C=C2OCN=C2C(c2ccc(-c3ccccc3)cc2)=C1. The van der Waals surface area contributed by atoms with Crippen molar-refractivity contribution in [2.75, 3.05) is 6.73 Å². The Hall–Kier alpha value is -4.66. The van der Waals surface area contributed by atoms with Crippen molar-refractivity contribution in [3.63, 3.8) is 0 Å². The van der Waals surface area contributed by atoms with E-state index in [0.29, 0.717) is 6.73 Å². The van der Waals surface area contributed by atoms with Gasteiger partial charge in [0.2, 0.25) is 0 Å². The standard InChI is InChI=1S/C37H26ClNO/c38-37(33-21-19-31(20-22-33)30-13-11-28(12-14-30)26-7-3-1-4-8-26)23-34(36-35(24-37)40-25-39-36)32-17-15-29(16-18-32)27-9-5-2-6-10-27/h1-24H,25H2. The monoisotopic (exact) mass is 535 g/mol. The zero-order valence-electron chi connectivity index (χ0n) is 21.8. The van der Waals surface area contributed by atoms with Crippen LogP contribution >= 0.6 is 11.6 Å². The maximum Gasteiger partial charge on any atom is 0.180 e. The second-order valence-corrected chi connectivity index (χ2v) is 10.7. The zero-order valence-corrected chi connectivity index (χ0v) is 22.6. The quantitative estimate of drug-likeness (QED) is 0.205. The minimum absolute atomic E-state index is 0.311. The van der Waals surface area contributed by atoms with Crippen LogP contribution < -0.4 is 0 Å². The molecule has 0 amide bonds. The number of hydrogen-bond acceptors (Lipinski definition) is 2. The third kappa shape index (κ3) is 4.57. The molecule has 0 spiro atoms. The summed E-state index contributed by atoms with van der Waals surface area (Å²) in [5.41, 5.74) is 11.0. The van der Waals surface area contributed by atoms with Crippen LogP contribution in [-0.2, 0) is 9.61 Å². The number of halogens is 1. The van der Waals surface area contributed by atoms with Crippen LogP contribution in [0.2, 0.25) is 0 Å². The van der Waals surface area contributed by atoms with Gasteiger partial charge in [0.15, 0.2) is 6.73 Å². The number of fused-ring (bicyclic) bond motifs is 1. The lowest BCUT2D eigenvalue weighted by Crippen LogP contribution is -2.22. The number of ether oxygens (including phenoxy) is 1. The van der Waals surface area contributed by atoms with E-state index in [0.717, 1.165) is 33.7 Å². The van der Waals surface area contributed by atoms with Crippen molar-refractivity contribution >= 4 is 22.9 Å². The molecule has 1 aliphatic carbocycles. The summed E-state index contributed by atoms with van der Waals surface area (Å²) in [7, 11) is 0. The molecule has 5 aromatic carbocycles. The Balaban J connectivity index is 1.19. The first-order valence-corrected chi connectivity index (χ1v) is 13.8. The molecule has 2 nitrogen and oxygen atoms in total. The van der Waals surface area contributed by atoms with Gasteiger partial charge < -0.3 is 4.74 Å². The topological polar surface area (TPSA) is 21.6 Å². The Labute approximate surface area is 239 Å². The van der Waals surface area contributed by atoms with E-state index in [1.807, 2.05) is 18.2 Å². The molecule has 1 unspecified atom stereocenters. The molecule has 5 aromatic rings. The van der Waals surface area contributed by atoms with E-state index in [9.17, 15) is 0 Å². The van der Waals surface area contributed by atoms with Crippen molar-refractivity contribution in [2.24, 2.45) is 4.99 Å². The fraction of sp³-hybridized carbons (Fsp3) is 0.0541. The van der Waals surface area contributed by atoms with E-state index in [2.05, 4.69) is 132 Å². The van der Waals surface area contributed by atoms with Gasteiger partial charge in [-0.1, -0.05) is 133 Å². The highest BCUT2D eigenvalue weighted by Gasteiger charge is 2.36. The summed E-state index contributed by atoms with van der Waals surface area (Å²) in [6, 6.07) is 46.5. The van der Waals surface area contributed by atoms with Crippen molar-refractivity contribution in [1.82, 2.24) is 0 Å². The maximum absolute atomic E-state index is 7.34. The van der Waals surface area contributed by atoms with Crippen LogP contribution in [0.15, 0.2) is 156 Å². The highest BCUT2D eigenvalue weighted by molar-refractivity contribution is 6.37. The first kappa shape index (κ1) is 24.4. The molecule has 7 rings (SSSR count). The summed E-state index contributed by atoms with van der Waals surface area (Å²) in [5.74, 6) is 0.736. The van der Waals surface area contributed by atoms with Gasteiger partial charge in [0.05, 0.1) is 0 Å². The molecule has 0 radical (unpaired) electrons. The molecule has 0 fully saturated rings. The number of hydrogen-bond donors (Lipinski definition) is 0. The average Bonchev–Trinajstić information content (AvgIpc) is 3.50. The molecule has 0 aromatic heterocycles. The van der Waals surface area contributed by atoms with Gasteiger partial charge in [0, 0.05) is 5.57 Å². The minimum atomic E-state index is -0.845. The molecule has 1 aliphatic heterocycles. The molecule has 0 saturated heterocycles. The Morgan fingerprint density at radius 2 is 0.925 bits per heavy atom. The van der Waals surface area contributed by atoms with E-state index in [4.69, 9.17) is 16.3 Å². The summed E-state index contributed by atoms with van der Waals surface area (Å²) in [6.45, 7) is 0.311. The second kappa shape index (κ2) is 10.1. The Morgan fingerprint density at radius 1 is 0.500 bits per heavy atom. The fourth-order valence-corrected chi connectivity index (χ4v) is 5.75. The van der Waals surface area contributed by atoms with E-state index in [1.165, 1.54) is 27.8 Å². The molecule has 192 valence electrons. The number of aliphatic imine (C=N–C) groups is 1. The van der Waals surface area contributed by atoms with E-state index < -0.39 is 4.87 Å². The Morgan fingerprint density at radius 3 is 1.43 bits per heavy atom. The normalized spacial score (nSPS) is 17.8. The van der Waals surface area contributed by atoms with Crippen molar-refractivity contribution in [3.05, 3.63) is 162 Å². The summed E-state index contributed by atoms with van der Waals surface area (Å²) in [5, 5.41) is 0. The molecule has 40 heavy (non-hydrogen) atoms. The second-order valence-electron chi connectivity index (χ2n) is 10.1. The summed E-state index contributed by atoms with van der Waals surface area (Å²) >= 11 is 7.34. The van der Waals surface area contributed by atoms with Crippen molar-refractivity contribution in [1.29, 1.82) is 0 Å². The fourth-order valence-electron chi connectivity index (χ4n) is 5.41. The summed E-state index contributed by atoms with van der Waals surface area (Å²) < 4.78 is 5.89. The predicted octanol–water partition coefficient (Wildman–Crippen LogP) is 9.53. The van der Waals surface area contributed by atoms with Crippen molar-refractivity contribution in [2.45, 2.75) is 4.87 Å². The van der Waals surface area contributed by atoms with Gasteiger partial charge in [0.1, 0.15) is 16.3 Å². The highest BCUT2D eigenvalue weighted by atomic mass is 35.5. The van der Waals surface area contributed by atoms with Gasteiger partial charge in [-0.25, -0.2) is 4.99 Å². The minimum Gasteiger partial charge on any atom is -0.469 e. The van der Waals surface area contributed by atoms with Crippen LogP contribution in [0.5, 0.6) is 0 Å². The predicted molar refractivity (Wildman–Crippen MR) is 166 cm³/mol. The lowest BCUT2D eigenvalue weighted by Gasteiger charge is -2.27. The van der Waals surface area contributed by atoms with Crippen molar-refractivity contribution in [3.8, 4) is 33.4 Å². The third-order valence-corrected chi connectivity index (χ3v) is 8.02. The van der Waals surface area contributed by atoms with Gasteiger partial charge >= 0.3 is 0 Å². The smallest absolute Gasteiger partial charge is 0.180 e. The van der Waals surface area contributed by atoms with Crippen LogP contribution in [0.4, 0.5) is 0 Å². The summed E-state index contributed by atoms with van der Waals surface area (Å²) in [6.07, 6.45) is 4.08. The molecule has 1 heterocycles.